The number of aliphatic carboxylic acids is 1. The third kappa shape index (κ3) is 5.30. The van der Waals surface area contributed by atoms with E-state index < -0.39 is 5.97 Å². The molecule has 0 radical (unpaired) electrons. The van der Waals surface area contributed by atoms with E-state index in [1.165, 1.54) is 5.56 Å². The van der Waals surface area contributed by atoms with Gasteiger partial charge in [0, 0.05) is 6.04 Å². The van der Waals surface area contributed by atoms with E-state index in [4.69, 9.17) is 9.84 Å². The Morgan fingerprint density at radius 1 is 1.37 bits per heavy atom. The minimum absolute atomic E-state index is 0.111. The van der Waals surface area contributed by atoms with Crippen molar-refractivity contribution in [1.82, 2.24) is 4.90 Å². The van der Waals surface area contributed by atoms with Gasteiger partial charge in [-0.3, -0.25) is 9.69 Å². The van der Waals surface area contributed by atoms with Crippen molar-refractivity contribution >= 4 is 5.97 Å². The van der Waals surface area contributed by atoms with E-state index in [1.54, 1.807) is 7.11 Å². The van der Waals surface area contributed by atoms with Gasteiger partial charge in [0.1, 0.15) is 5.75 Å². The maximum atomic E-state index is 10.8. The fourth-order valence-electron chi connectivity index (χ4n) is 2.10. The summed E-state index contributed by atoms with van der Waals surface area (Å²) in [6.07, 6.45) is 1.90. The van der Waals surface area contributed by atoms with Crippen LogP contribution in [0.3, 0.4) is 0 Å². The summed E-state index contributed by atoms with van der Waals surface area (Å²) in [6.45, 7) is 4.94. The molecular formula is C15H23NO3. The number of hydrogen-bond acceptors (Lipinski definition) is 3. The number of carbonyl (C=O) groups is 1. The van der Waals surface area contributed by atoms with Gasteiger partial charge in [-0.2, -0.15) is 0 Å². The van der Waals surface area contributed by atoms with E-state index in [0.717, 1.165) is 25.1 Å². The first-order valence-electron chi connectivity index (χ1n) is 6.65. The van der Waals surface area contributed by atoms with Gasteiger partial charge in [-0.05, 0) is 44.0 Å². The van der Waals surface area contributed by atoms with Crippen LogP contribution in [-0.4, -0.2) is 42.2 Å². The average molecular weight is 265 g/mol. The van der Waals surface area contributed by atoms with Gasteiger partial charge in [0.25, 0.3) is 0 Å². The van der Waals surface area contributed by atoms with Crippen molar-refractivity contribution in [3.05, 3.63) is 29.8 Å². The molecule has 0 aliphatic rings. The standard InChI is InChI=1S/C15H23NO3/c1-4-16(11-15(17)18)12(2)5-6-13-7-9-14(19-3)10-8-13/h7-10,12H,4-6,11H2,1-3H3,(H,17,18). The summed E-state index contributed by atoms with van der Waals surface area (Å²) in [5, 5.41) is 8.85. The Hall–Kier alpha value is -1.55. The van der Waals surface area contributed by atoms with Crippen molar-refractivity contribution in [2.24, 2.45) is 0 Å². The number of hydrogen-bond donors (Lipinski definition) is 1. The molecule has 1 N–H and O–H groups in total. The molecule has 0 amide bonds. The van der Waals surface area contributed by atoms with Gasteiger partial charge in [-0.15, -0.1) is 0 Å². The fourth-order valence-corrected chi connectivity index (χ4v) is 2.10. The Bertz CT molecular complexity index is 389. The number of aryl methyl sites for hydroxylation is 1. The molecule has 0 saturated heterocycles. The number of methoxy groups -OCH3 is 1. The predicted octanol–water partition coefficient (Wildman–Crippen LogP) is 2.42. The SMILES string of the molecule is CCN(CC(=O)O)C(C)CCc1ccc(OC)cc1. The highest BCUT2D eigenvalue weighted by Gasteiger charge is 2.14. The normalized spacial score (nSPS) is 12.4. The second kappa shape index (κ2) is 7.79. The summed E-state index contributed by atoms with van der Waals surface area (Å²) in [7, 11) is 1.65. The van der Waals surface area contributed by atoms with Crippen molar-refractivity contribution in [2.45, 2.75) is 32.7 Å². The molecule has 1 unspecified atom stereocenters. The Morgan fingerprint density at radius 3 is 2.47 bits per heavy atom. The molecular weight excluding hydrogens is 242 g/mol. The van der Waals surface area contributed by atoms with Crippen molar-refractivity contribution in [3.8, 4) is 5.75 Å². The summed E-state index contributed by atoms with van der Waals surface area (Å²) in [5.74, 6) is 0.0935. The third-order valence-corrected chi connectivity index (χ3v) is 3.38. The quantitative estimate of drug-likeness (QED) is 0.784. The molecule has 0 aliphatic heterocycles. The van der Waals surface area contributed by atoms with Crippen LogP contribution in [0.15, 0.2) is 24.3 Å². The Morgan fingerprint density at radius 2 is 2.00 bits per heavy atom. The third-order valence-electron chi connectivity index (χ3n) is 3.38. The van der Waals surface area contributed by atoms with E-state index in [2.05, 4.69) is 19.1 Å². The topological polar surface area (TPSA) is 49.8 Å². The van der Waals surface area contributed by atoms with Gasteiger partial charge in [0.15, 0.2) is 0 Å². The first kappa shape index (κ1) is 15.5. The van der Waals surface area contributed by atoms with Crippen LogP contribution >= 0.6 is 0 Å². The Kier molecular flexibility index (Phi) is 6.36. The van der Waals surface area contributed by atoms with Crippen molar-refractivity contribution in [3.63, 3.8) is 0 Å². The Balaban J connectivity index is 2.47. The molecule has 0 saturated carbocycles. The molecule has 0 bridgehead atoms. The van der Waals surface area contributed by atoms with Gasteiger partial charge in [0.05, 0.1) is 13.7 Å². The lowest BCUT2D eigenvalue weighted by Gasteiger charge is -2.26. The van der Waals surface area contributed by atoms with Crippen LogP contribution in [0.5, 0.6) is 5.75 Å². The molecule has 0 aliphatic carbocycles. The molecule has 1 rings (SSSR count). The molecule has 4 nitrogen and oxygen atoms in total. The second-order valence-corrected chi connectivity index (χ2v) is 4.69. The van der Waals surface area contributed by atoms with Gasteiger partial charge < -0.3 is 9.84 Å². The second-order valence-electron chi connectivity index (χ2n) is 4.69. The zero-order valence-corrected chi connectivity index (χ0v) is 11.9. The zero-order chi connectivity index (χ0) is 14.3. The summed E-state index contributed by atoms with van der Waals surface area (Å²) in [6, 6.07) is 8.28. The average Bonchev–Trinajstić information content (AvgIpc) is 2.42. The Labute approximate surface area is 115 Å². The summed E-state index contributed by atoms with van der Waals surface area (Å²) >= 11 is 0. The molecule has 0 fully saturated rings. The lowest BCUT2D eigenvalue weighted by atomic mass is 10.0. The van der Waals surface area contributed by atoms with Gasteiger partial charge in [-0.25, -0.2) is 0 Å². The van der Waals surface area contributed by atoms with Crippen LogP contribution in [0, 0.1) is 0 Å². The molecule has 1 aromatic carbocycles. The van der Waals surface area contributed by atoms with Crippen molar-refractivity contribution in [1.29, 1.82) is 0 Å². The first-order valence-corrected chi connectivity index (χ1v) is 6.65. The maximum absolute atomic E-state index is 10.8. The van der Waals surface area contributed by atoms with Crippen molar-refractivity contribution < 1.29 is 14.6 Å². The van der Waals surface area contributed by atoms with Crippen LogP contribution in [0.25, 0.3) is 0 Å². The molecule has 1 aromatic rings. The summed E-state index contributed by atoms with van der Waals surface area (Å²) in [5.41, 5.74) is 1.25. The largest absolute Gasteiger partial charge is 0.497 e. The van der Waals surface area contributed by atoms with Crippen LogP contribution in [0.4, 0.5) is 0 Å². The molecule has 106 valence electrons. The van der Waals surface area contributed by atoms with Crippen LogP contribution in [0.1, 0.15) is 25.8 Å². The lowest BCUT2D eigenvalue weighted by Crippen LogP contribution is -2.37. The number of benzene rings is 1. The van der Waals surface area contributed by atoms with Crippen LogP contribution in [-0.2, 0) is 11.2 Å². The van der Waals surface area contributed by atoms with E-state index >= 15 is 0 Å². The number of rotatable bonds is 8. The monoisotopic (exact) mass is 265 g/mol. The smallest absolute Gasteiger partial charge is 0.317 e. The van der Waals surface area contributed by atoms with Crippen LogP contribution in [0.2, 0.25) is 0 Å². The van der Waals surface area contributed by atoms with E-state index in [9.17, 15) is 4.79 Å². The number of nitrogens with zero attached hydrogens (tertiary/aromatic N) is 1. The van der Waals surface area contributed by atoms with E-state index in [0.29, 0.717) is 0 Å². The summed E-state index contributed by atoms with van der Waals surface area (Å²) < 4.78 is 5.12. The molecule has 4 heteroatoms. The zero-order valence-electron chi connectivity index (χ0n) is 11.9. The minimum atomic E-state index is -0.766. The minimum Gasteiger partial charge on any atom is -0.497 e. The van der Waals surface area contributed by atoms with Crippen molar-refractivity contribution in [2.75, 3.05) is 20.2 Å². The molecule has 0 spiro atoms. The van der Waals surface area contributed by atoms with E-state index in [1.807, 2.05) is 24.0 Å². The number of carboxylic acid groups (broad SMARTS) is 1. The maximum Gasteiger partial charge on any atom is 0.317 e. The highest BCUT2D eigenvalue weighted by atomic mass is 16.5. The number of likely N-dealkylation sites (N-methyl/N-ethyl adjacent to an activating group) is 1. The number of carboxylic acids is 1. The van der Waals surface area contributed by atoms with Gasteiger partial charge >= 0.3 is 5.97 Å². The van der Waals surface area contributed by atoms with Crippen LogP contribution < -0.4 is 4.74 Å². The predicted molar refractivity (Wildman–Crippen MR) is 75.7 cm³/mol. The molecule has 0 heterocycles. The fraction of sp³-hybridized carbons (Fsp3) is 0.533. The lowest BCUT2D eigenvalue weighted by molar-refractivity contribution is -0.138. The summed E-state index contributed by atoms with van der Waals surface area (Å²) in [4.78, 5) is 12.7. The molecule has 19 heavy (non-hydrogen) atoms. The molecule has 0 aromatic heterocycles. The van der Waals surface area contributed by atoms with Gasteiger partial charge in [0.2, 0.25) is 0 Å². The van der Waals surface area contributed by atoms with E-state index in [-0.39, 0.29) is 12.6 Å². The molecule has 1 atom stereocenters. The first-order chi connectivity index (χ1) is 9.06. The van der Waals surface area contributed by atoms with Gasteiger partial charge in [-0.1, -0.05) is 19.1 Å². The highest BCUT2D eigenvalue weighted by Crippen LogP contribution is 2.14. The highest BCUT2D eigenvalue weighted by molar-refractivity contribution is 5.69. The number of ether oxygens (including phenoxy) is 1.